The zero-order chi connectivity index (χ0) is 19.8. The van der Waals surface area contributed by atoms with Crippen LogP contribution in [0.5, 0.6) is 5.75 Å². The molecule has 146 valence electrons. The molecule has 2 aromatic carbocycles. The summed E-state index contributed by atoms with van der Waals surface area (Å²) in [4.78, 5) is 13.3. The van der Waals surface area contributed by atoms with Crippen molar-refractivity contribution in [3.05, 3.63) is 73.1 Å². The summed E-state index contributed by atoms with van der Waals surface area (Å²) >= 11 is 12.2. The minimum Gasteiger partial charge on any atom is -0.444 e. The van der Waals surface area contributed by atoms with Crippen LogP contribution in [0.3, 0.4) is 0 Å². The van der Waals surface area contributed by atoms with Crippen molar-refractivity contribution >= 4 is 34.2 Å². The molecule has 3 aromatic rings. The van der Waals surface area contributed by atoms with Gasteiger partial charge in [-0.05, 0) is 37.1 Å². The van der Waals surface area contributed by atoms with Gasteiger partial charge in [-0.15, -0.1) is 0 Å². The zero-order valence-electron chi connectivity index (χ0n) is 15.9. The molecule has 1 aliphatic rings. The smallest absolute Gasteiger partial charge is 0.336 e. The average Bonchev–Trinajstić information content (AvgIpc) is 2.66. The first-order chi connectivity index (χ1) is 13.5. The van der Waals surface area contributed by atoms with E-state index in [-0.39, 0.29) is 5.63 Å². The molecule has 0 saturated carbocycles. The largest absolute Gasteiger partial charge is 0.444 e. The predicted octanol–water partition coefficient (Wildman–Crippen LogP) is 4.30. The van der Waals surface area contributed by atoms with E-state index in [0.717, 1.165) is 59.3 Å². The Balaban J connectivity index is 1.69. The number of benzene rings is 2. The van der Waals surface area contributed by atoms with Crippen molar-refractivity contribution in [3.8, 4) is 5.75 Å². The summed E-state index contributed by atoms with van der Waals surface area (Å²) in [6.45, 7) is 6.23. The molecule has 0 aliphatic carbocycles. The SMILES string of the molecule is CCCc1cc(=O)oc2c(C)c3c(cc12)C[NH+](Cc1ccc(Cl)c(Cl)c1)CO3. The lowest BCUT2D eigenvalue weighted by molar-refractivity contribution is -0.945. The molecule has 0 bridgehead atoms. The molecular formula is C22H22Cl2NO3+. The first-order valence-electron chi connectivity index (χ1n) is 9.45. The molecule has 1 aliphatic heterocycles. The number of nitrogens with one attached hydrogen (secondary N) is 1. The van der Waals surface area contributed by atoms with Gasteiger partial charge in [0.2, 0.25) is 6.73 Å². The molecule has 1 atom stereocenters. The van der Waals surface area contributed by atoms with Gasteiger partial charge in [0.05, 0.1) is 10.0 Å². The summed E-state index contributed by atoms with van der Waals surface area (Å²) in [6, 6.07) is 9.47. The average molecular weight is 419 g/mol. The molecule has 1 aromatic heterocycles. The second-order valence-corrected chi connectivity index (χ2v) is 8.16. The Bertz CT molecular complexity index is 1110. The lowest BCUT2D eigenvalue weighted by Crippen LogP contribution is -3.10. The summed E-state index contributed by atoms with van der Waals surface area (Å²) < 4.78 is 11.6. The first-order valence-corrected chi connectivity index (χ1v) is 10.2. The molecule has 1 N–H and O–H groups in total. The molecule has 0 radical (unpaired) electrons. The van der Waals surface area contributed by atoms with Crippen LogP contribution in [0, 0.1) is 6.92 Å². The molecule has 2 heterocycles. The molecule has 1 unspecified atom stereocenters. The molecule has 0 spiro atoms. The molecular weight excluding hydrogens is 397 g/mol. The second kappa shape index (κ2) is 7.78. The maximum absolute atomic E-state index is 12.0. The Morgan fingerprint density at radius 1 is 1.14 bits per heavy atom. The monoisotopic (exact) mass is 418 g/mol. The third kappa shape index (κ3) is 3.64. The molecule has 0 fully saturated rings. The number of aryl methyl sites for hydroxylation is 2. The lowest BCUT2D eigenvalue weighted by atomic mass is 9.98. The molecule has 4 nitrogen and oxygen atoms in total. The van der Waals surface area contributed by atoms with E-state index in [0.29, 0.717) is 22.4 Å². The number of ether oxygens (including phenoxy) is 1. The molecule has 0 amide bonds. The van der Waals surface area contributed by atoms with Crippen LogP contribution in [0.15, 0.2) is 39.5 Å². The summed E-state index contributed by atoms with van der Waals surface area (Å²) in [5.74, 6) is 0.835. The summed E-state index contributed by atoms with van der Waals surface area (Å²) in [5, 5.41) is 2.14. The fourth-order valence-electron chi connectivity index (χ4n) is 3.93. The van der Waals surface area contributed by atoms with Gasteiger partial charge in [-0.25, -0.2) is 4.79 Å². The van der Waals surface area contributed by atoms with Gasteiger partial charge >= 0.3 is 5.63 Å². The van der Waals surface area contributed by atoms with E-state index in [9.17, 15) is 4.79 Å². The van der Waals surface area contributed by atoms with E-state index in [1.807, 2.05) is 25.1 Å². The highest BCUT2D eigenvalue weighted by atomic mass is 35.5. The van der Waals surface area contributed by atoms with E-state index >= 15 is 0 Å². The maximum Gasteiger partial charge on any atom is 0.336 e. The van der Waals surface area contributed by atoms with Gasteiger partial charge in [0.25, 0.3) is 0 Å². The molecule has 28 heavy (non-hydrogen) atoms. The fraction of sp³-hybridized carbons (Fsp3) is 0.318. The van der Waals surface area contributed by atoms with Gasteiger partial charge in [0.1, 0.15) is 24.4 Å². The van der Waals surface area contributed by atoms with Crippen molar-refractivity contribution in [1.29, 1.82) is 0 Å². The van der Waals surface area contributed by atoms with E-state index < -0.39 is 0 Å². The highest BCUT2D eigenvalue weighted by Crippen LogP contribution is 2.33. The van der Waals surface area contributed by atoms with Crippen LogP contribution in [0.4, 0.5) is 0 Å². The predicted molar refractivity (Wildman–Crippen MR) is 112 cm³/mol. The normalized spacial score (nSPS) is 16.1. The van der Waals surface area contributed by atoms with Crippen LogP contribution < -0.4 is 15.3 Å². The molecule has 4 rings (SSSR count). The van der Waals surface area contributed by atoms with Crippen molar-refractivity contribution < 1.29 is 14.1 Å². The second-order valence-electron chi connectivity index (χ2n) is 7.35. The van der Waals surface area contributed by atoms with Gasteiger partial charge < -0.3 is 9.15 Å². The highest BCUT2D eigenvalue weighted by Gasteiger charge is 2.25. The lowest BCUT2D eigenvalue weighted by Gasteiger charge is -2.28. The van der Waals surface area contributed by atoms with Gasteiger partial charge in [0.15, 0.2) is 0 Å². The van der Waals surface area contributed by atoms with Gasteiger partial charge in [-0.1, -0.05) is 42.6 Å². The van der Waals surface area contributed by atoms with Crippen LogP contribution in [0.2, 0.25) is 10.0 Å². The van der Waals surface area contributed by atoms with Crippen molar-refractivity contribution in [2.75, 3.05) is 6.73 Å². The number of hydrogen-bond donors (Lipinski definition) is 1. The summed E-state index contributed by atoms with van der Waals surface area (Å²) in [5.41, 5.74) is 4.53. The van der Waals surface area contributed by atoms with Gasteiger partial charge in [-0.3, -0.25) is 4.90 Å². The Morgan fingerprint density at radius 2 is 1.96 bits per heavy atom. The van der Waals surface area contributed by atoms with E-state index in [2.05, 4.69) is 13.0 Å². The van der Waals surface area contributed by atoms with Crippen LogP contribution in [0.25, 0.3) is 11.0 Å². The number of quaternary nitrogens is 1. The van der Waals surface area contributed by atoms with Crippen molar-refractivity contribution in [2.45, 2.75) is 39.8 Å². The Kier molecular flexibility index (Phi) is 5.37. The number of fused-ring (bicyclic) bond motifs is 2. The topological polar surface area (TPSA) is 43.9 Å². The van der Waals surface area contributed by atoms with Crippen molar-refractivity contribution in [3.63, 3.8) is 0 Å². The Labute approximate surface area is 173 Å². The fourth-order valence-corrected chi connectivity index (χ4v) is 4.25. The summed E-state index contributed by atoms with van der Waals surface area (Å²) in [7, 11) is 0. The third-order valence-corrected chi connectivity index (χ3v) is 5.93. The van der Waals surface area contributed by atoms with Crippen molar-refractivity contribution in [2.24, 2.45) is 0 Å². The molecule has 0 saturated heterocycles. The van der Waals surface area contributed by atoms with E-state index in [4.69, 9.17) is 32.4 Å². The quantitative estimate of drug-likeness (QED) is 0.642. The molecule has 6 heteroatoms. The van der Waals surface area contributed by atoms with E-state index in [1.54, 1.807) is 6.07 Å². The van der Waals surface area contributed by atoms with Crippen LogP contribution in [-0.2, 0) is 19.5 Å². The summed E-state index contributed by atoms with van der Waals surface area (Å²) in [6.07, 6.45) is 1.82. The Morgan fingerprint density at radius 3 is 2.71 bits per heavy atom. The zero-order valence-corrected chi connectivity index (χ0v) is 17.4. The Hall–Kier alpha value is -2.01. The van der Waals surface area contributed by atoms with Crippen LogP contribution >= 0.6 is 23.2 Å². The number of hydrogen-bond acceptors (Lipinski definition) is 3. The van der Waals surface area contributed by atoms with E-state index in [1.165, 1.54) is 4.90 Å². The standard InChI is InChI=1S/C22H21Cl2NO3/c1-3-4-15-9-20(26)28-22-13(2)21-16(8-17(15)22)11-25(12-27-21)10-14-5-6-18(23)19(24)7-14/h5-9H,3-4,10-12H2,1-2H3/p+1. The third-order valence-electron chi connectivity index (χ3n) is 5.20. The number of halogens is 2. The minimum atomic E-state index is -0.304. The van der Waals surface area contributed by atoms with Crippen molar-refractivity contribution in [1.82, 2.24) is 0 Å². The van der Waals surface area contributed by atoms with Crippen LogP contribution in [-0.4, -0.2) is 6.73 Å². The minimum absolute atomic E-state index is 0.304. The maximum atomic E-state index is 12.0. The highest BCUT2D eigenvalue weighted by molar-refractivity contribution is 6.42. The first kappa shape index (κ1) is 19.3. The van der Waals surface area contributed by atoms with Gasteiger partial charge in [-0.2, -0.15) is 0 Å². The van der Waals surface area contributed by atoms with Gasteiger partial charge in [0, 0.05) is 28.1 Å². The van der Waals surface area contributed by atoms with Crippen LogP contribution in [0.1, 0.15) is 35.6 Å². The number of rotatable bonds is 4.